The van der Waals surface area contributed by atoms with Crippen molar-refractivity contribution in [3.05, 3.63) is 54.4 Å². The van der Waals surface area contributed by atoms with E-state index in [2.05, 4.69) is 15.0 Å². The maximum absolute atomic E-state index is 12.9. The predicted molar refractivity (Wildman–Crippen MR) is 91.0 cm³/mol. The molecule has 1 aromatic carbocycles. The minimum atomic E-state index is -3.99. The molecule has 1 saturated heterocycles. The largest absolute Gasteiger partial charge is 0.435 e. The van der Waals surface area contributed by atoms with Crippen LogP contribution in [-0.4, -0.2) is 37.1 Å². The number of nitrogens with zero attached hydrogens (tertiary/aromatic N) is 2. The van der Waals surface area contributed by atoms with Gasteiger partial charge in [-0.15, -0.1) is 0 Å². The quantitative estimate of drug-likeness (QED) is 0.738. The average Bonchev–Trinajstić information content (AvgIpc) is 2.97. The predicted octanol–water partition coefficient (Wildman–Crippen LogP) is 2.56. The van der Waals surface area contributed by atoms with Crippen LogP contribution in [0.4, 0.5) is 8.78 Å². The summed E-state index contributed by atoms with van der Waals surface area (Å²) in [5, 5.41) is 3.89. The maximum atomic E-state index is 12.9. The van der Waals surface area contributed by atoms with Crippen molar-refractivity contribution in [2.45, 2.75) is 17.4 Å². The number of pyridine rings is 1. The molecule has 1 aliphatic heterocycles. The second kappa shape index (κ2) is 6.33. The highest BCUT2D eigenvalue weighted by Gasteiger charge is 2.23. The van der Waals surface area contributed by atoms with Crippen LogP contribution >= 0.6 is 0 Å². The molecule has 136 valence electrons. The Kier molecular flexibility index (Phi) is 4.12. The standard InChI is InChI=1S/C17H15F2N3O3S/c18-17(19)25-14-2-1-3-15(7-14)26(23,24)22-5-4-11-6-12(10-21-16(11)22)13-8-20-9-13/h1-7,10,13,17,20H,8-9H2. The van der Waals surface area contributed by atoms with Gasteiger partial charge in [0.1, 0.15) is 5.75 Å². The van der Waals surface area contributed by atoms with Gasteiger partial charge < -0.3 is 10.1 Å². The van der Waals surface area contributed by atoms with E-state index in [0.29, 0.717) is 17.0 Å². The fraction of sp³-hybridized carbons (Fsp3) is 0.235. The van der Waals surface area contributed by atoms with Crippen LogP contribution in [0.15, 0.2) is 53.7 Å². The molecule has 4 rings (SSSR count). The first kappa shape index (κ1) is 16.9. The van der Waals surface area contributed by atoms with Crippen LogP contribution in [0, 0.1) is 0 Å². The maximum Gasteiger partial charge on any atom is 0.387 e. The molecular formula is C17H15F2N3O3S. The highest BCUT2D eigenvalue weighted by atomic mass is 32.2. The van der Waals surface area contributed by atoms with Crippen LogP contribution in [0.25, 0.3) is 11.0 Å². The van der Waals surface area contributed by atoms with Crippen molar-refractivity contribution >= 4 is 21.1 Å². The van der Waals surface area contributed by atoms with Crippen molar-refractivity contribution in [3.63, 3.8) is 0 Å². The number of benzene rings is 1. The summed E-state index contributed by atoms with van der Waals surface area (Å²) < 4.78 is 55.9. The summed E-state index contributed by atoms with van der Waals surface area (Å²) in [5.74, 6) is 0.167. The van der Waals surface area contributed by atoms with Crippen LogP contribution < -0.4 is 10.1 Å². The lowest BCUT2D eigenvalue weighted by Gasteiger charge is -2.27. The molecule has 1 aliphatic rings. The van der Waals surface area contributed by atoms with Crippen LogP contribution in [0.5, 0.6) is 5.75 Å². The average molecular weight is 379 g/mol. The molecule has 0 saturated carbocycles. The minimum Gasteiger partial charge on any atom is -0.435 e. The summed E-state index contributed by atoms with van der Waals surface area (Å²) in [4.78, 5) is 4.16. The Morgan fingerprint density at radius 2 is 2.04 bits per heavy atom. The van der Waals surface area contributed by atoms with Gasteiger partial charge in [0.15, 0.2) is 5.65 Å². The van der Waals surface area contributed by atoms with E-state index in [1.165, 1.54) is 24.4 Å². The Hall–Kier alpha value is -2.52. The van der Waals surface area contributed by atoms with Gasteiger partial charge >= 0.3 is 6.61 Å². The molecule has 3 heterocycles. The molecule has 0 spiro atoms. The summed E-state index contributed by atoms with van der Waals surface area (Å²) in [5.41, 5.74) is 1.35. The first-order valence-corrected chi connectivity index (χ1v) is 9.37. The monoisotopic (exact) mass is 379 g/mol. The molecule has 1 fully saturated rings. The van der Waals surface area contributed by atoms with Crippen molar-refractivity contribution in [1.29, 1.82) is 0 Å². The van der Waals surface area contributed by atoms with Gasteiger partial charge in [0.05, 0.1) is 4.90 Å². The van der Waals surface area contributed by atoms with E-state index >= 15 is 0 Å². The zero-order valence-electron chi connectivity index (χ0n) is 13.5. The van der Waals surface area contributed by atoms with Gasteiger partial charge in [0.25, 0.3) is 10.0 Å². The van der Waals surface area contributed by atoms with Crippen molar-refractivity contribution in [2.24, 2.45) is 0 Å². The molecule has 0 atom stereocenters. The van der Waals surface area contributed by atoms with Gasteiger partial charge in [-0.1, -0.05) is 6.07 Å². The molecule has 0 radical (unpaired) electrons. The number of halogens is 2. The summed E-state index contributed by atoms with van der Waals surface area (Å²) >= 11 is 0. The van der Waals surface area contributed by atoms with Crippen LogP contribution in [0.2, 0.25) is 0 Å². The molecule has 0 unspecified atom stereocenters. The summed E-state index contributed by atoms with van der Waals surface area (Å²) in [6.07, 6.45) is 3.09. The molecule has 2 aromatic heterocycles. The third-order valence-electron chi connectivity index (χ3n) is 4.35. The number of aromatic nitrogens is 2. The van der Waals surface area contributed by atoms with E-state index in [4.69, 9.17) is 0 Å². The second-order valence-electron chi connectivity index (χ2n) is 6.01. The highest BCUT2D eigenvalue weighted by molar-refractivity contribution is 7.90. The van der Waals surface area contributed by atoms with Gasteiger partial charge in [-0.25, -0.2) is 17.4 Å². The van der Waals surface area contributed by atoms with Gasteiger partial charge in [-0.05, 0) is 29.8 Å². The Balaban J connectivity index is 1.74. The first-order valence-electron chi connectivity index (χ1n) is 7.93. The fourth-order valence-corrected chi connectivity index (χ4v) is 4.23. The molecule has 0 amide bonds. The summed E-state index contributed by atoms with van der Waals surface area (Å²) in [7, 11) is -3.99. The molecule has 1 N–H and O–H groups in total. The number of ether oxygens (including phenoxy) is 1. The normalized spacial score (nSPS) is 15.3. The molecule has 0 aliphatic carbocycles. The van der Waals surface area contributed by atoms with E-state index in [1.807, 2.05) is 6.07 Å². The summed E-state index contributed by atoms with van der Waals surface area (Å²) in [6, 6.07) is 8.63. The van der Waals surface area contributed by atoms with Crippen LogP contribution in [-0.2, 0) is 10.0 Å². The van der Waals surface area contributed by atoms with E-state index < -0.39 is 16.6 Å². The third-order valence-corrected chi connectivity index (χ3v) is 6.02. The topological polar surface area (TPSA) is 73.2 Å². The number of rotatable bonds is 5. The van der Waals surface area contributed by atoms with E-state index in [0.717, 1.165) is 28.7 Å². The Bertz CT molecular complexity index is 1060. The van der Waals surface area contributed by atoms with E-state index in [1.54, 1.807) is 12.3 Å². The Morgan fingerprint density at radius 3 is 2.73 bits per heavy atom. The first-order chi connectivity index (χ1) is 12.4. The molecule has 3 aromatic rings. The number of hydrogen-bond acceptors (Lipinski definition) is 5. The number of nitrogens with one attached hydrogen (secondary N) is 1. The zero-order valence-corrected chi connectivity index (χ0v) is 14.3. The third kappa shape index (κ3) is 2.93. The smallest absolute Gasteiger partial charge is 0.387 e. The van der Waals surface area contributed by atoms with Crippen LogP contribution in [0.3, 0.4) is 0 Å². The highest BCUT2D eigenvalue weighted by Crippen LogP contribution is 2.27. The molecule has 9 heteroatoms. The van der Waals surface area contributed by atoms with Crippen molar-refractivity contribution in [1.82, 2.24) is 14.3 Å². The SMILES string of the molecule is O=S(=O)(c1cccc(OC(F)F)c1)n1ccc2cc(C3CNC3)cnc21. The lowest BCUT2D eigenvalue weighted by atomic mass is 9.95. The second-order valence-corrected chi connectivity index (χ2v) is 7.82. The summed E-state index contributed by atoms with van der Waals surface area (Å²) in [6.45, 7) is -1.27. The van der Waals surface area contributed by atoms with Crippen molar-refractivity contribution in [3.8, 4) is 5.75 Å². The number of alkyl halides is 2. The van der Waals surface area contributed by atoms with Gasteiger partial charge in [-0.2, -0.15) is 8.78 Å². The lowest BCUT2D eigenvalue weighted by Crippen LogP contribution is -2.39. The van der Waals surface area contributed by atoms with Gasteiger partial charge in [0, 0.05) is 42.9 Å². The van der Waals surface area contributed by atoms with E-state index in [-0.39, 0.29) is 10.6 Å². The van der Waals surface area contributed by atoms with Gasteiger partial charge in [0.2, 0.25) is 0 Å². The Labute approximate surface area is 148 Å². The fourth-order valence-electron chi connectivity index (χ4n) is 2.88. The molecule has 0 bridgehead atoms. The van der Waals surface area contributed by atoms with Crippen LogP contribution in [0.1, 0.15) is 11.5 Å². The lowest BCUT2D eigenvalue weighted by molar-refractivity contribution is -0.0499. The van der Waals surface area contributed by atoms with Crippen molar-refractivity contribution < 1.29 is 21.9 Å². The number of fused-ring (bicyclic) bond motifs is 1. The molecule has 26 heavy (non-hydrogen) atoms. The zero-order chi connectivity index (χ0) is 18.3. The minimum absolute atomic E-state index is 0.151. The van der Waals surface area contributed by atoms with E-state index in [9.17, 15) is 17.2 Å². The molecular weight excluding hydrogens is 364 g/mol. The number of hydrogen-bond donors (Lipinski definition) is 1. The van der Waals surface area contributed by atoms with Crippen molar-refractivity contribution in [2.75, 3.05) is 13.1 Å². The Morgan fingerprint density at radius 1 is 1.23 bits per heavy atom. The van der Waals surface area contributed by atoms with Gasteiger partial charge in [-0.3, -0.25) is 0 Å². The molecule has 6 nitrogen and oxygen atoms in total.